The van der Waals surface area contributed by atoms with Crippen LogP contribution >= 0.6 is 12.4 Å². The molecule has 1 unspecified atom stereocenters. The van der Waals surface area contributed by atoms with Crippen LogP contribution in [0.2, 0.25) is 0 Å². The summed E-state index contributed by atoms with van der Waals surface area (Å²) in [4.78, 5) is 11.0. The second-order valence-electron chi connectivity index (χ2n) is 3.32. The lowest BCUT2D eigenvalue weighted by Gasteiger charge is -2.16. The van der Waals surface area contributed by atoms with Gasteiger partial charge in [-0.15, -0.1) is 12.4 Å². The number of hydrogen-bond acceptors (Lipinski definition) is 3. The Labute approximate surface area is 98.9 Å². The smallest absolute Gasteiger partial charge is 0.389 e. The Balaban J connectivity index is 0. The number of alkyl halides is 3. The van der Waals surface area contributed by atoms with Crippen molar-refractivity contribution >= 4 is 18.4 Å². The van der Waals surface area contributed by atoms with E-state index in [1.165, 1.54) is 0 Å². The quantitative estimate of drug-likeness (QED) is 0.591. The van der Waals surface area contributed by atoms with E-state index < -0.39 is 24.5 Å². The molecule has 3 nitrogen and oxygen atoms in total. The molecule has 0 saturated carbocycles. The normalized spacial score (nSPS) is 12.8. The van der Waals surface area contributed by atoms with Gasteiger partial charge in [0.1, 0.15) is 0 Å². The van der Waals surface area contributed by atoms with E-state index in [0.717, 1.165) is 7.11 Å². The molecule has 0 amide bonds. The molecule has 98 valence electrons. The van der Waals surface area contributed by atoms with Gasteiger partial charge in [-0.05, 0) is 19.4 Å². The topological polar surface area (TPSA) is 52.3 Å². The van der Waals surface area contributed by atoms with Crippen LogP contribution in [0.5, 0.6) is 0 Å². The summed E-state index contributed by atoms with van der Waals surface area (Å²) in [5.74, 6) is -1.90. The number of methoxy groups -OCH3 is 1. The second-order valence-corrected chi connectivity index (χ2v) is 3.32. The molecule has 0 aromatic rings. The Bertz CT molecular complexity index is 200. The highest BCUT2D eigenvalue weighted by Gasteiger charge is 2.35. The third-order valence-electron chi connectivity index (χ3n) is 2.02. The molecule has 0 aromatic carbocycles. The predicted molar refractivity (Wildman–Crippen MR) is 56.3 cm³/mol. The standard InChI is InChI=1S/C9H16F3NO2.ClH/c1-15-8(14)7(4-2-3-5-13)6-9(10,11)12;/h7H,2-6,13H2,1H3;1H. The molecule has 0 saturated heterocycles. The van der Waals surface area contributed by atoms with Crippen molar-refractivity contribution in [1.82, 2.24) is 0 Å². The van der Waals surface area contributed by atoms with Crippen LogP contribution in [0, 0.1) is 5.92 Å². The van der Waals surface area contributed by atoms with Crippen LogP contribution in [0.1, 0.15) is 25.7 Å². The number of halogens is 4. The Morgan fingerprint density at radius 3 is 2.31 bits per heavy atom. The number of carbonyl (C=O) groups excluding carboxylic acids is 1. The van der Waals surface area contributed by atoms with E-state index in [1.807, 2.05) is 0 Å². The van der Waals surface area contributed by atoms with Crippen LogP contribution in [-0.4, -0.2) is 25.8 Å². The van der Waals surface area contributed by atoms with E-state index in [1.54, 1.807) is 0 Å². The van der Waals surface area contributed by atoms with Gasteiger partial charge in [0.25, 0.3) is 0 Å². The van der Waals surface area contributed by atoms with Crippen LogP contribution in [0.25, 0.3) is 0 Å². The number of carbonyl (C=O) groups is 1. The molecule has 0 aliphatic rings. The van der Waals surface area contributed by atoms with Crippen molar-refractivity contribution in [2.75, 3.05) is 13.7 Å². The van der Waals surface area contributed by atoms with Crippen molar-refractivity contribution in [3.63, 3.8) is 0 Å². The molecule has 0 aromatic heterocycles. The van der Waals surface area contributed by atoms with Crippen molar-refractivity contribution in [3.05, 3.63) is 0 Å². The zero-order valence-corrected chi connectivity index (χ0v) is 9.87. The van der Waals surface area contributed by atoms with Crippen molar-refractivity contribution < 1.29 is 22.7 Å². The molecule has 0 radical (unpaired) electrons. The summed E-state index contributed by atoms with van der Waals surface area (Å²) >= 11 is 0. The van der Waals surface area contributed by atoms with Gasteiger partial charge in [0, 0.05) is 0 Å². The van der Waals surface area contributed by atoms with E-state index in [4.69, 9.17) is 5.73 Å². The minimum absolute atomic E-state index is 0. The first-order chi connectivity index (χ1) is 6.90. The summed E-state index contributed by atoms with van der Waals surface area (Å²) < 4.78 is 40.6. The first-order valence-corrected chi connectivity index (χ1v) is 4.75. The zero-order valence-electron chi connectivity index (χ0n) is 9.05. The van der Waals surface area contributed by atoms with Crippen LogP contribution in [0.15, 0.2) is 0 Å². The molecule has 7 heteroatoms. The van der Waals surface area contributed by atoms with Gasteiger partial charge in [-0.2, -0.15) is 13.2 Å². The van der Waals surface area contributed by atoms with Gasteiger partial charge < -0.3 is 10.5 Å². The molecule has 2 N–H and O–H groups in total. The number of hydrogen-bond donors (Lipinski definition) is 1. The van der Waals surface area contributed by atoms with Crippen LogP contribution < -0.4 is 5.73 Å². The molecule has 0 rings (SSSR count). The maximum absolute atomic E-state index is 12.1. The molecular formula is C9H17ClF3NO2. The highest BCUT2D eigenvalue weighted by Crippen LogP contribution is 2.28. The van der Waals surface area contributed by atoms with Crippen molar-refractivity contribution in [3.8, 4) is 0 Å². The fourth-order valence-corrected chi connectivity index (χ4v) is 1.28. The molecule has 0 bridgehead atoms. The van der Waals surface area contributed by atoms with Crippen LogP contribution in [-0.2, 0) is 9.53 Å². The molecule has 0 aliphatic heterocycles. The Morgan fingerprint density at radius 1 is 1.38 bits per heavy atom. The SMILES string of the molecule is COC(=O)C(CCCCN)CC(F)(F)F.Cl. The van der Waals surface area contributed by atoms with Gasteiger partial charge >= 0.3 is 12.1 Å². The van der Waals surface area contributed by atoms with Gasteiger partial charge in [-0.3, -0.25) is 4.79 Å². The number of ether oxygens (including phenoxy) is 1. The van der Waals surface area contributed by atoms with Crippen molar-refractivity contribution in [2.45, 2.75) is 31.9 Å². The van der Waals surface area contributed by atoms with Gasteiger partial charge in [-0.25, -0.2) is 0 Å². The van der Waals surface area contributed by atoms with E-state index >= 15 is 0 Å². The predicted octanol–water partition coefficient (Wildman–Crippen LogP) is 2.28. The fourth-order valence-electron chi connectivity index (χ4n) is 1.28. The number of nitrogens with two attached hydrogens (primary N) is 1. The summed E-state index contributed by atoms with van der Waals surface area (Å²) in [7, 11) is 1.09. The van der Waals surface area contributed by atoms with E-state index in [2.05, 4.69) is 4.74 Å². The monoisotopic (exact) mass is 263 g/mol. The zero-order chi connectivity index (χ0) is 11.9. The average Bonchev–Trinajstić information content (AvgIpc) is 2.13. The highest BCUT2D eigenvalue weighted by atomic mass is 35.5. The van der Waals surface area contributed by atoms with Gasteiger partial charge in [0.15, 0.2) is 0 Å². The average molecular weight is 264 g/mol. The second kappa shape index (κ2) is 8.64. The maximum atomic E-state index is 12.1. The lowest BCUT2D eigenvalue weighted by atomic mass is 9.98. The number of unbranched alkanes of at least 4 members (excludes halogenated alkanes) is 1. The van der Waals surface area contributed by atoms with Crippen molar-refractivity contribution in [2.24, 2.45) is 11.7 Å². The summed E-state index contributed by atoms with van der Waals surface area (Å²) in [6.07, 6.45) is -4.16. The first kappa shape index (κ1) is 17.9. The maximum Gasteiger partial charge on any atom is 0.389 e. The number of esters is 1. The first-order valence-electron chi connectivity index (χ1n) is 4.75. The van der Waals surface area contributed by atoms with Gasteiger partial charge in [-0.1, -0.05) is 6.42 Å². The highest BCUT2D eigenvalue weighted by molar-refractivity contribution is 5.85. The van der Waals surface area contributed by atoms with Gasteiger partial charge in [0.2, 0.25) is 0 Å². The molecular weight excluding hydrogens is 247 g/mol. The minimum Gasteiger partial charge on any atom is -0.469 e. The minimum atomic E-state index is -4.33. The molecule has 0 fully saturated rings. The molecule has 0 spiro atoms. The molecule has 0 aliphatic carbocycles. The van der Waals surface area contributed by atoms with Crippen molar-refractivity contribution in [1.29, 1.82) is 0 Å². The summed E-state index contributed by atoms with van der Waals surface area (Å²) in [5, 5.41) is 0. The molecule has 16 heavy (non-hydrogen) atoms. The van der Waals surface area contributed by atoms with E-state index in [0.29, 0.717) is 19.4 Å². The lowest BCUT2D eigenvalue weighted by Crippen LogP contribution is -2.23. The molecule has 0 heterocycles. The van der Waals surface area contributed by atoms with Gasteiger partial charge in [0.05, 0.1) is 19.4 Å². The Hall–Kier alpha value is -0.490. The van der Waals surface area contributed by atoms with Crippen LogP contribution in [0.3, 0.4) is 0 Å². The third kappa shape index (κ3) is 8.79. The largest absolute Gasteiger partial charge is 0.469 e. The van der Waals surface area contributed by atoms with E-state index in [-0.39, 0.29) is 18.8 Å². The molecule has 1 atom stereocenters. The lowest BCUT2D eigenvalue weighted by molar-refractivity contribution is -0.166. The van der Waals surface area contributed by atoms with E-state index in [9.17, 15) is 18.0 Å². The third-order valence-corrected chi connectivity index (χ3v) is 2.02. The Morgan fingerprint density at radius 2 is 1.94 bits per heavy atom. The summed E-state index contributed by atoms with van der Waals surface area (Å²) in [6.45, 7) is 0.417. The van der Waals surface area contributed by atoms with Crippen LogP contribution in [0.4, 0.5) is 13.2 Å². The summed E-state index contributed by atoms with van der Waals surface area (Å²) in [6, 6.07) is 0. The number of rotatable bonds is 6. The fraction of sp³-hybridized carbons (Fsp3) is 0.889. The summed E-state index contributed by atoms with van der Waals surface area (Å²) in [5.41, 5.74) is 5.21. The Kier molecular flexibility index (Phi) is 9.66.